The number of rotatable bonds is 4. The largest absolute Gasteiger partial charge is 0.386 e. The first kappa shape index (κ1) is 11.8. The van der Waals surface area contributed by atoms with Gasteiger partial charge in [0.25, 0.3) is 0 Å². The summed E-state index contributed by atoms with van der Waals surface area (Å²) in [5.74, 6) is 0.494. The molecule has 5 heteroatoms. The number of ether oxygens (including phenoxy) is 1. The second-order valence-electron chi connectivity index (χ2n) is 4.95. The summed E-state index contributed by atoms with van der Waals surface area (Å²) >= 11 is 0. The zero-order valence-electron chi connectivity index (χ0n) is 9.66. The van der Waals surface area contributed by atoms with Crippen molar-refractivity contribution in [2.45, 2.75) is 18.9 Å². The number of amides is 1. The lowest BCUT2D eigenvalue weighted by Crippen LogP contribution is -2.51. The third kappa shape index (κ3) is 2.53. The molecule has 0 aromatic rings. The van der Waals surface area contributed by atoms with Crippen LogP contribution < -0.4 is 10.6 Å². The first-order chi connectivity index (χ1) is 7.61. The third-order valence-corrected chi connectivity index (χ3v) is 3.61. The zero-order chi connectivity index (χ0) is 11.6. The smallest absolute Gasteiger partial charge is 0.223 e. The second kappa shape index (κ2) is 4.69. The predicted octanol–water partition coefficient (Wildman–Crippen LogP) is -0.890. The van der Waals surface area contributed by atoms with Crippen molar-refractivity contribution in [1.82, 2.24) is 10.6 Å². The number of carbonyl (C=O) groups excluding carboxylic acids is 1. The van der Waals surface area contributed by atoms with Crippen LogP contribution in [0.2, 0.25) is 0 Å². The molecule has 2 atom stereocenters. The summed E-state index contributed by atoms with van der Waals surface area (Å²) in [6, 6.07) is 0. The van der Waals surface area contributed by atoms with Crippen LogP contribution in [-0.4, -0.2) is 49.5 Å². The molecule has 92 valence electrons. The number of hydrogen-bond acceptors (Lipinski definition) is 4. The van der Waals surface area contributed by atoms with Crippen LogP contribution in [0.4, 0.5) is 0 Å². The van der Waals surface area contributed by atoms with Crippen molar-refractivity contribution in [3.8, 4) is 0 Å². The van der Waals surface area contributed by atoms with E-state index >= 15 is 0 Å². The average molecular weight is 228 g/mol. The Labute approximate surface area is 95.5 Å². The SMILES string of the molecule is CC(C(=O)NCC1(O)CCOC1)C1CNC1. The van der Waals surface area contributed by atoms with E-state index < -0.39 is 5.60 Å². The molecule has 2 rings (SSSR count). The summed E-state index contributed by atoms with van der Waals surface area (Å²) in [5.41, 5.74) is -0.854. The Morgan fingerprint density at radius 2 is 2.44 bits per heavy atom. The Bertz CT molecular complexity index is 260. The van der Waals surface area contributed by atoms with Crippen LogP contribution in [0.25, 0.3) is 0 Å². The van der Waals surface area contributed by atoms with Crippen LogP contribution in [0, 0.1) is 11.8 Å². The molecule has 2 aliphatic rings. The molecule has 2 heterocycles. The predicted molar refractivity (Wildman–Crippen MR) is 58.9 cm³/mol. The highest BCUT2D eigenvalue weighted by Crippen LogP contribution is 2.19. The van der Waals surface area contributed by atoms with Gasteiger partial charge in [-0.3, -0.25) is 4.79 Å². The first-order valence-corrected chi connectivity index (χ1v) is 5.89. The monoisotopic (exact) mass is 228 g/mol. The van der Waals surface area contributed by atoms with Crippen LogP contribution in [0.5, 0.6) is 0 Å². The summed E-state index contributed by atoms with van der Waals surface area (Å²) < 4.78 is 5.12. The van der Waals surface area contributed by atoms with Gasteiger partial charge in [-0.05, 0) is 19.0 Å². The molecule has 2 aliphatic heterocycles. The number of carbonyl (C=O) groups is 1. The van der Waals surface area contributed by atoms with Gasteiger partial charge in [0.15, 0.2) is 0 Å². The van der Waals surface area contributed by atoms with Gasteiger partial charge in [0, 0.05) is 25.5 Å². The highest BCUT2D eigenvalue weighted by molar-refractivity contribution is 5.78. The molecule has 2 fully saturated rings. The minimum Gasteiger partial charge on any atom is -0.386 e. The van der Waals surface area contributed by atoms with Crippen molar-refractivity contribution >= 4 is 5.91 Å². The summed E-state index contributed by atoms with van der Waals surface area (Å²) in [5, 5.41) is 15.9. The summed E-state index contributed by atoms with van der Waals surface area (Å²) in [4.78, 5) is 11.8. The van der Waals surface area contributed by atoms with Crippen LogP contribution in [0.15, 0.2) is 0 Å². The van der Waals surface area contributed by atoms with Crippen molar-refractivity contribution in [1.29, 1.82) is 0 Å². The molecular weight excluding hydrogens is 208 g/mol. The molecule has 0 radical (unpaired) electrons. The molecule has 0 aromatic heterocycles. The van der Waals surface area contributed by atoms with Crippen molar-refractivity contribution < 1.29 is 14.6 Å². The van der Waals surface area contributed by atoms with Crippen molar-refractivity contribution in [2.75, 3.05) is 32.8 Å². The van der Waals surface area contributed by atoms with Crippen molar-refractivity contribution in [3.63, 3.8) is 0 Å². The van der Waals surface area contributed by atoms with Gasteiger partial charge in [0.2, 0.25) is 5.91 Å². The maximum Gasteiger partial charge on any atom is 0.223 e. The third-order valence-electron chi connectivity index (χ3n) is 3.61. The van der Waals surface area contributed by atoms with E-state index in [1.165, 1.54) is 0 Å². The van der Waals surface area contributed by atoms with Gasteiger partial charge in [-0.1, -0.05) is 6.92 Å². The second-order valence-corrected chi connectivity index (χ2v) is 4.95. The van der Waals surface area contributed by atoms with Gasteiger partial charge in [-0.25, -0.2) is 0 Å². The Balaban J connectivity index is 1.74. The molecule has 16 heavy (non-hydrogen) atoms. The lowest BCUT2D eigenvalue weighted by atomic mass is 9.88. The van der Waals surface area contributed by atoms with Crippen LogP contribution >= 0.6 is 0 Å². The average Bonchev–Trinajstić information content (AvgIpc) is 2.59. The molecule has 0 aromatic carbocycles. The molecule has 3 N–H and O–H groups in total. The van der Waals surface area contributed by atoms with Gasteiger partial charge in [0.05, 0.1) is 6.61 Å². The van der Waals surface area contributed by atoms with E-state index in [4.69, 9.17) is 4.74 Å². The summed E-state index contributed by atoms with van der Waals surface area (Å²) in [6.45, 7) is 4.98. The quantitative estimate of drug-likeness (QED) is 0.584. The molecule has 2 unspecified atom stereocenters. The van der Waals surface area contributed by atoms with E-state index in [0.29, 0.717) is 32.1 Å². The number of nitrogens with one attached hydrogen (secondary N) is 2. The van der Waals surface area contributed by atoms with E-state index in [1.807, 2.05) is 6.92 Å². The maximum absolute atomic E-state index is 11.8. The molecule has 0 spiro atoms. The van der Waals surface area contributed by atoms with E-state index in [0.717, 1.165) is 13.1 Å². The van der Waals surface area contributed by atoms with E-state index in [2.05, 4.69) is 10.6 Å². The molecular formula is C11H20N2O3. The Kier molecular flexibility index (Phi) is 3.47. The van der Waals surface area contributed by atoms with Crippen molar-refractivity contribution in [3.05, 3.63) is 0 Å². The highest BCUT2D eigenvalue weighted by Gasteiger charge is 2.34. The van der Waals surface area contributed by atoms with Crippen molar-refractivity contribution in [2.24, 2.45) is 11.8 Å². The Hall–Kier alpha value is -0.650. The molecule has 5 nitrogen and oxygen atoms in total. The van der Waals surface area contributed by atoms with Gasteiger partial charge in [0.1, 0.15) is 5.60 Å². The molecule has 2 saturated heterocycles. The van der Waals surface area contributed by atoms with Gasteiger partial charge in [-0.15, -0.1) is 0 Å². The zero-order valence-corrected chi connectivity index (χ0v) is 9.66. The maximum atomic E-state index is 11.8. The molecule has 0 bridgehead atoms. The highest BCUT2D eigenvalue weighted by atomic mass is 16.5. The Morgan fingerprint density at radius 1 is 1.69 bits per heavy atom. The van der Waals surface area contributed by atoms with Gasteiger partial charge < -0.3 is 20.5 Å². The topological polar surface area (TPSA) is 70.6 Å². The lowest BCUT2D eigenvalue weighted by Gasteiger charge is -2.32. The fourth-order valence-electron chi connectivity index (χ4n) is 2.03. The van der Waals surface area contributed by atoms with Gasteiger partial charge in [-0.2, -0.15) is 0 Å². The van der Waals surface area contributed by atoms with E-state index in [9.17, 15) is 9.90 Å². The molecule has 0 aliphatic carbocycles. The summed E-state index contributed by atoms with van der Waals surface area (Å²) in [7, 11) is 0. The van der Waals surface area contributed by atoms with Gasteiger partial charge >= 0.3 is 0 Å². The number of aliphatic hydroxyl groups is 1. The lowest BCUT2D eigenvalue weighted by molar-refractivity contribution is -0.128. The standard InChI is InChI=1S/C11H20N2O3/c1-8(9-4-12-5-9)10(14)13-6-11(15)2-3-16-7-11/h8-9,12,15H,2-7H2,1H3,(H,13,14). The number of hydrogen-bond donors (Lipinski definition) is 3. The van der Waals surface area contributed by atoms with Crippen LogP contribution in [-0.2, 0) is 9.53 Å². The molecule has 1 amide bonds. The van der Waals surface area contributed by atoms with Crippen LogP contribution in [0.1, 0.15) is 13.3 Å². The normalized spacial score (nSPS) is 32.1. The summed E-state index contributed by atoms with van der Waals surface area (Å²) in [6.07, 6.45) is 0.604. The van der Waals surface area contributed by atoms with Crippen LogP contribution in [0.3, 0.4) is 0 Å². The fraction of sp³-hybridized carbons (Fsp3) is 0.909. The Morgan fingerprint density at radius 3 is 2.94 bits per heavy atom. The first-order valence-electron chi connectivity index (χ1n) is 5.89. The van der Waals surface area contributed by atoms with E-state index in [-0.39, 0.29) is 11.8 Å². The fourth-order valence-corrected chi connectivity index (χ4v) is 2.03. The minimum atomic E-state index is -0.854. The molecule has 0 saturated carbocycles. The minimum absolute atomic E-state index is 0.0205. The van der Waals surface area contributed by atoms with E-state index in [1.54, 1.807) is 0 Å².